The third-order valence-corrected chi connectivity index (χ3v) is 5.76. The van der Waals surface area contributed by atoms with Gasteiger partial charge in [0.1, 0.15) is 11.5 Å². The number of fused-ring (bicyclic) bond motifs is 3. The van der Waals surface area contributed by atoms with E-state index in [4.69, 9.17) is 14.9 Å². The van der Waals surface area contributed by atoms with E-state index < -0.39 is 35.9 Å². The Kier molecular flexibility index (Phi) is 5.63. The molecule has 182 valence electrons. The normalized spacial score (nSPS) is 11.3. The molecule has 0 saturated carbocycles. The van der Waals surface area contributed by atoms with Gasteiger partial charge in [-0.1, -0.05) is 6.07 Å². The molecule has 0 aliphatic rings. The summed E-state index contributed by atoms with van der Waals surface area (Å²) in [6, 6.07) is 13.2. The van der Waals surface area contributed by atoms with Crippen molar-refractivity contribution in [3.05, 3.63) is 89.4 Å². The summed E-state index contributed by atoms with van der Waals surface area (Å²) in [5.74, 6) is -5.64. The number of hydrogen-bond donors (Lipinski definition) is 2. The Labute approximate surface area is 201 Å². The first-order chi connectivity index (χ1) is 17.2. The van der Waals surface area contributed by atoms with Gasteiger partial charge >= 0.3 is 5.97 Å². The van der Waals surface area contributed by atoms with Crippen LogP contribution in [0.2, 0.25) is 0 Å². The Morgan fingerprint density at radius 1 is 0.972 bits per heavy atom. The molecule has 2 heterocycles. The number of benzene rings is 3. The molecule has 0 bridgehead atoms. The maximum atomic E-state index is 14.0. The largest absolute Gasteiger partial charge is 0.481 e. The highest BCUT2D eigenvalue weighted by molar-refractivity contribution is 6.20. The van der Waals surface area contributed by atoms with Gasteiger partial charge in [-0.3, -0.25) is 4.79 Å². The molecular weight excluding hydrogens is 477 g/mol. The van der Waals surface area contributed by atoms with E-state index in [1.54, 1.807) is 41.0 Å². The van der Waals surface area contributed by atoms with Crippen LogP contribution in [0.15, 0.2) is 65.3 Å². The number of primary amides is 1. The van der Waals surface area contributed by atoms with Crippen molar-refractivity contribution in [2.45, 2.75) is 6.54 Å². The summed E-state index contributed by atoms with van der Waals surface area (Å²) in [5.41, 5.74) is 7.31. The molecule has 0 saturated heterocycles. The van der Waals surface area contributed by atoms with Gasteiger partial charge in [0, 0.05) is 23.1 Å². The average molecular weight is 494 g/mol. The molecule has 3 N–H and O–H groups in total. The number of aliphatic carboxylic acids is 1. The van der Waals surface area contributed by atoms with E-state index in [-0.39, 0.29) is 23.4 Å². The number of carbonyl (C=O) groups excluding carboxylic acids is 1. The highest BCUT2D eigenvalue weighted by Gasteiger charge is 2.23. The van der Waals surface area contributed by atoms with E-state index in [1.165, 1.54) is 12.3 Å². The zero-order chi connectivity index (χ0) is 25.6. The van der Waals surface area contributed by atoms with Gasteiger partial charge < -0.3 is 24.6 Å². The number of carboxylic acid groups (broad SMARTS) is 1. The molecule has 1 amide bonds. The Morgan fingerprint density at radius 3 is 2.36 bits per heavy atom. The minimum Gasteiger partial charge on any atom is -0.481 e. The topological polar surface area (TPSA) is 108 Å². The van der Waals surface area contributed by atoms with Crippen LogP contribution in [0.5, 0.6) is 5.75 Å². The maximum absolute atomic E-state index is 14.0. The fourth-order valence-electron chi connectivity index (χ4n) is 4.32. The van der Waals surface area contributed by atoms with Gasteiger partial charge in [0.05, 0.1) is 22.7 Å². The van der Waals surface area contributed by atoms with E-state index in [1.807, 2.05) is 0 Å². The summed E-state index contributed by atoms with van der Waals surface area (Å²) in [5, 5.41) is 9.95. The molecule has 3 aromatic carbocycles. The number of aromatic nitrogens is 1. The fourth-order valence-corrected chi connectivity index (χ4v) is 4.32. The van der Waals surface area contributed by atoms with Crippen LogP contribution < -0.4 is 10.5 Å². The zero-order valence-electron chi connectivity index (χ0n) is 18.4. The molecular formula is C26H17F3N2O5. The molecule has 0 fully saturated rings. The second-order valence-electron chi connectivity index (χ2n) is 8.05. The number of hydrogen-bond acceptors (Lipinski definition) is 4. The Balaban J connectivity index is 1.86. The van der Waals surface area contributed by atoms with Crippen molar-refractivity contribution < 1.29 is 37.0 Å². The molecule has 36 heavy (non-hydrogen) atoms. The molecule has 0 spiro atoms. The number of furan rings is 1. The molecule has 0 unspecified atom stereocenters. The third kappa shape index (κ3) is 3.92. The van der Waals surface area contributed by atoms with Gasteiger partial charge in [0.25, 0.3) is 0 Å². The van der Waals surface area contributed by atoms with Crippen molar-refractivity contribution in [1.29, 1.82) is 0 Å². The molecule has 0 radical (unpaired) electrons. The van der Waals surface area contributed by atoms with Gasteiger partial charge in [-0.05, 0) is 54.1 Å². The molecule has 7 nitrogen and oxygen atoms in total. The summed E-state index contributed by atoms with van der Waals surface area (Å²) < 4.78 is 54.3. The minimum absolute atomic E-state index is 0.115. The molecule has 2 aromatic heterocycles. The SMILES string of the molecule is NC(=O)c1cccc2c1c1c(OCC(=O)O)cc(-c3ccco3)cc1n2Cc1cc(F)c(F)c(F)c1. The first kappa shape index (κ1) is 23.0. The van der Waals surface area contributed by atoms with Gasteiger partial charge in [-0.2, -0.15) is 0 Å². The van der Waals surface area contributed by atoms with E-state index in [2.05, 4.69) is 0 Å². The monoisotopic (exact) mass is 494 g/mol. The van der Waals surface area contributed by atoms with Crippen molar-refractivity contribution in [3.8, 4) is 17.1 Å². The number of carbonyl (C=O) groups is 2. The summed E-state index contributed by atoms with van der Waals surface area (Å²) in [6.07, 6.45) is 1.46. The van der Waals surface area contributed by atoms with Crippen molar-refractivity contribution >= 4 is 33.7 Å². The highest BCUT2D eigenvalue weighted by Crippen LogP contribution is 2.41. The number of nitrogens with zero attached hydrogens (tertiary/aromatic N) is 1. The summed E-state index contributed by atoms with van der Waals surface area (Å²) in [7, 11) is 0. The van der Waals surface area contributed by atoms with E-state index in [0.717, 1.165) is 12.1 Å². The van der Waals surface area contributed by atoms with Crippen LogP contribution in [0, 0.1) is 17.5 Å². The second kappa shape index (κ2) is 8.81. The van der Waals surface area contributed by atoms with Gasteiger partial charge in [-0.15, -0.1) is 0 Å². The maximum Gasteiger partial charge on any atom is 0.341 e. The van der Waals surface area contributed by atoms with E-state index in [0.29, 0.717) is 33.1 Å². The molecule has 5 rings (SSSR count). The number of halogens is 3. The first-order valence-corrected chi connectivity index (χ1v) is 10.6. The van der Waals surface area contributed by atoms with Crippen LogP contribution in [-0.4, -0.2) is 28.2 Å². The number of rotatable bonds is 7. The summed E-state index contributed by atoms with van der Waals surface area (Å²) in [6.45, 7) is -0.785. The van der Waals surface area contributed by atoms with Crippen LogP contribution in [0.4, 0.5) is 13.2 Å². The highest BCUT2D eigenvalue weighted by atomic mass is 19.2. The number of amides is 1. The van der Waals surface area contributed by atoms with Crippen LogP contribution in [-0.2, 0) is 11.3 Å². The van der Waals surface area contributed by atoms with Crippen LogP contribution in [0.25, 0.3) is 33.1 Å². The lowest BCUT2D eigenvalue weighted by atomic mass is 10.0. The standard InChI is InChI=1S/C26H17F3N2O5/c27-16-7-13(8-17(28)25(16)29)11-31-18-4-1-3-15(26(30)34)23(18)24-19(31)9-14(20-5-2-6-35-20)10-21(24)36-12-22(32)33/h1-10H,11-12H2,(H2,30,34)(H,32,33). The first-order valence-electron chi connectivity index (χ1n) is 10.6. The lowest BCUT2D eigenvalue weighted by Gasteiger charge is -2.11. The lowest BCUT2D eigenvalue weighted by Crippen LogP contribution is -2.11. The smallest absolute Gasteiger partial charge is 0.341 e. The summed E-state index contributed by atoms with van der Waals surface area (Å²) in [4.78, 5) is 23.6. The molecule has 10 heteroatoms. The summed E-state index contributed by atoms with van der Waals surface area (Å²) >= 11 is 0. The predicted octanol–water partition coefficient (Wildman–Crippen LogP) is 5.08. The van der Waals surface area contributed by atoms with Gasteiger partial charge in [0.15, 0.2) is 24.1 Å². The number of carboxylic acids is 1. The molecule has 0 aliphatic heterocycles. The molecule has 0 atom stereocenters. The Bertz CT molecular complexity index is 1640. The predicted molar refractivity (Wildman–Crippen MR) is 124 cm³/mol. The second-order valence-corrected chi connectivity index (χ2v) is 8.05. The quantitative estimate of drug-likeness (QED) is 0.307. The van der Waals surface area contributed by atoms with Crippen molar-refractivity contribution in [2.75, 3.05) is 6.61 Å². The van der Waals surface area contributed by atoms with Gasteiger partial charge in [-0.25, -0.2) is 18.0 Å². The van der Waals surface area contributed by atoms with E-state index in [9.17, 15) is 27.9 Å². The van der Waals surface area contributed by atoms with Gasteiger partial charge in [0.2, 0.25) is 5.91 Å². The lowest BCUT2D eigenvalue weighted by molar-refractivity contribution is -0.139. The van der Waals surface area contributed by atoms with Crippen LogP contribution in [0.3, 0.4) is 0 Å². The fraction of sp³-hybridized carbons (Fsp3) is 0.0769. The third-order valence-electron chi connectivity index (χ3n) is 5.76. The van der Waals surface area contributed by atoms with Crippen molar-refractivity contribution in [2.24, 2.45) is 5.73 Å². The molecule has 5 aromatic rings. The zero-order valence-corrected chi connectivity index (χ0v) is 18.4. The van der Waals surface area contributed by atoms with Crippen LogP contribution in [0.1, 0.15) is 15.9 Å². The average Bonchev–Trinajstić information content (AvgIpc) is 3.48. The minimum atomic E-state index is -1.58. The van der Waals surface area contributed by atoms with Crippen LogP contribution >= 0.6 is 0 Å². The molecule has 0 aliphatic carbocycles. The Morgan fingerprint density at radius 2 is 1.72 bits per heavy atom. The van der Waals surface area contributed by atoms with E-state index >= 15 is 0 Å². The number of nitrogens with two attached hydrogens (primary N) is 1. The Hall–Kier alpha value is -4.73. The van der Waals surface area contributed by atoms with Crippen molar-refractivity contribution in [1.82, 2.24) is 4.57 Å². The number of ether oxygens (including phenoxy) is 1. The van der Waals surface area contributed by atoms with Crippen molar-refractivity contribution in [3.63, 3.8) is 0 Å².